The van der Waals surface area contributed by atoms with Crippen molar-refractivity contribution in [1.82, 2.24) is 0 Å². The summed E-state index contributed by atoms with van der Waals surface area (Å²) in [4.78, 5) is -1.99. The average Bonchev–Trinajstić information content (AvgIpc) is 2.57. The molecule has 0 saturated carbocycles. The number of sulfonamides is 1. The fourth-order valence-electron chi connectivity index (χ4n) is 2.16. The first-order chi connectivity index (χ1) is 12.5. The van der Waals surface area contributed by atoms with Crippen molar-refractivity contribution in [2.75, 3.05) is 17.1 Å². The molecule has 0 aliphatic heterocycles. The average molecular weight is 411 g/mol. The molecule has 2 rings (SSSR count). The summed E-state index contributed by atoms with van der Waals surface area (Å²) in [5, 5.41) is 2.74. The smallest absolute Gasteiger partial charge is 0.267 e. The summed E-state index contributed by atoms with van der Waals surface area (Å²) in [6, 6.07) is 3.64. The maximum Gasteiger partial charge on any atom is 0.267 e. The van der Waals surface area contributed by atoms with E-state index < -0.39 is 50.2 Å². The Morgan fingerprint density at radius 3 is 2.00 bits per heavy atom. The van der Waals surface area contributed by atoms with E-state index in [9.17, 15) is 30.4 Å². The third-order valence-electron chi connectivity index (χ3n) is 3.27. The summed E-state index contributed by atoms with van der Waals surface area (Å²) in [5.74, 6) is -11.9. The standard InChI is InChI=1S/C15H14F5N3O3S/c1-6(21)22-8-5-7(3-4-9(8)26-2)23-27(24,25)15-13(19)11(17)10(16)12(18)14(15)20/h3-6,22-23H,21H2,1-2H3. The van der Waals surface area contributed by atoms with Crippen LogP contribution in [0.2, 0.25) is 0 Å². The molecule has 0 saturated heterocycles. The predicted molar refractivity (Wildman–Crippen MR) is 87.3 cm³/mol. The van der Waals surface area contributed by atoms with Crippen LogP contribution in [0.3, 0.4) is 0 Å². The zero-order valence-electron chi connectivity index (χ0n) is 13.9. The molecule has 27 heavy (non-hydrogen) atoms. The number of methoxy groups -OCH3 is 1. The van der Waals surface area contributed by atoms with E-state index in [1.54, 1.807) is 11.6 Å². The molecule has 0 aliphatic rings. The van der Waals surface area contributed by atoms with Crippen molar-refractivity contribution in [3.63, 3.8) is 0 Å². The summed E-state index contributed by atoms with van der Waals surface area (Å²) in [5.41, 5.74) is 5.57. The van der Waals surface area contributed by atoms with Crippen molar-refractivity contribution in [3.8, 4) is 5.75 Å². The number of anilines is 2. The fraction of sp³-hybridized carbons (Fsp3) is 0.200. The van der Waals surface area contributed by atoms with Crippen LogP contribution < -0.4 is 20.5 Å². The van der Waals surface area contributed by atoms with Gasteiger partial charge in [0.05, 0.1) is 24.7 Å². The molecule has 0 spiro atoms. The molecule has 2 aromatic carbocycles. The topological polar surface area (TPSA) is 93.4 Å². The maximum absolute atomic E-state index is 13.8. The minimum Gasteiger partial charge on any atom is -0.495 e. The van der Waals surface area contributed by atoms with Gasteiger partial charge in [-0.05, 0) is 25.1 Å². The molecule has 0 aromatic heterocycles. The van der Waals surface area contributed by atoms with Crippen molar-refractivity contribution >= 4 is 21.4 Å². The predicted octanol–water partition coefficient (Wildman–Crippen LogP) is 2.91. The van der Waals surface area contributed by atoms with Crippen molar-refractivity contribution in [3.05, 3.63) is 47.3 Å². The van der Waals surface area contributed by atoms with Gasteiger partial charge in [0.2, 0.25) is 5.82 Å². The SMILES string of the molecule is COc1ccc(NS(=O)(=O)c2c(F)c(F)c(F)c(F)c2F)cc1NC(C)N. The van der Waals surface area contributed by atoms with Gasteiger partial charge in [-0.25, -0.2) is 30.4 Å². The number of nitrogens with one attached hydrogen (secondary N) is 2. The molecule has 4 N–H and O–H groups in total. The van der Waals surface area contributed by atoms with E-state index in [1.165, 1.54) is 19.2 Å². The largest absolute Gasteiger partial charge is 0.495 e. The molecule has 12 heteroatoms. The molecule has 6 nitrogen and oxygen atoms in total. The third kappa shape index (κ3) is 4.06. The Morgan fingerprint density at radius 1 is 1.00 bits per heavy atom. The van der Waals surface area contributed by atoms with Crippen LogP contribution >= 0.6 is 0 Å². The maximum atomic E-state index is 13.8. The molecule has 0 radical (unpaired) electrons. The highest BCUT2D eigenvalue weighted by molar-refractivity contribution is 7.92. The van der Waals surface area contributed by atoms with E-state index in [2.05, 4.69) is 5.32 Å². The molecule has 2 aromatic rings. The lowest BCUT2D eigenvalue weighted by Gasteiger charge is -2.16. The lowest BCUT2D eigenvalue weighted by molar-refractivity contribution is 0.358. The summed E-state index contributed by atoms with van der Waals surface area (Å²) in [6.45, 7) is 1.57. The highest BCUT2D eigenvalue weighted by atomic mass is 32.2. The van der Waals surface area contributed by atoms with E-state index in [4.69, 9.17) is 10.5 Å². The zero-order valence-corrected chi connectivity index (χ0v) is 14.7. The number of benzene rings is 2. The Hall–Kier alpha value is -2.60. The van der Waals surface area contributed by atoms with Gasteiger partial charge in [-0.15, -0.1) is 0 Å². The molecule has 0 heterocycles. The molecule has 0 amide bonds. The summed E-state index contributed by atoms with van der Waals surface area (Å²) in [6.07, 6.45) is -0.569. The molecule has 0 fully saturated rings. The molecule has 1 unspecified atom stereocenters. The quantitative estimate of drug-likeness (QED) is 0.294. The Bertz CT molecular complexity index is 954. The van der Waals surface area contributed by atoms with E-state index in [-0.39, 0.29) is 17.1 Å². The first kappa shape index (κ1) is 20.7. The van der Waals surface area contributed by atoms with Crippen LogP contribution in [0.4, 0.5) is 33.3 Å². The van der Waals surface area contributed by atoms with Gasteiger partial charge >= 0.3 is 0 Å². The van der Waals surface area contributed by atoms with E-state index in [0.29, 0.717) is 0 Å². The number of ether oxygens (including phenoxy) is 1. The number of nitrogens with two attached hydrogens (primary N) is 1. The molecule has 148 valence electrons. The minimum atomic E-state index is -5.15. The zero-order chi connectivity index (χ0) is 20.5. The van der Waals surface area contributed by atoms with Crippen LogP contribution in [0.15, 0.2) is 23.1 Å². The molecule has 0 bridgehead atoms. The van der Waals surface area contributed by atoms with Crippen LogP contribution in [-0.4, -0.2) is 21.7 Å². The van der Waals surface area contributed by atoms with Crippen LogP contribution in [0.25, 0.3) is 0 Å². The normalized spacial score (nSPS) is 12.6. The van der Waals surface area contributed by atoms with Gasteiger partial charge in [0, 0.05) is 0 Å². The highest BCUT2D eigenvalue weighted by Gasteiger charge is 2.33. The summed E-state index contributed by atoms with van der Waals surface area (Å²) in [7, 11) is -3.81. The lowest BCUT2D eigenvalue weighted by atomic mass is 10.2. The summed E-state index contributed by atoms with van der Waals surface area (Å²) < 4.78 is 98.5. The van der Waals surface area contributed by atoms with Crippen LogP contribution in [0, 0.1) is 29.1 Å². The van der Waals surface area contributed by atoms with Crippen molar-refractivity contribution in [2.45, 2.75) is 18.0 Å². The number of halogens is 5. The van der Waals surface area contributed by atoms with Crippen LogP contribution in [0.5, 0.6) is 5.75 Å². The molecule has 0 aliphatic carbocycles. The van der Waals surface area contributed by atoms with Gasteiger partial charge in [0.1, 0.15) is 5.75 Å². The van der Waals surface area contributed by atoms with E-state index in [1.807, 2.05) is 0 Å². The van der Waals surface area contributed by atoms with Crippen molar-refractivity contribution in [2.24, 2.45) is 5.73 Å². The molecule has 1 atom stereocenters. The first-order valence-corrected chi connectivity index (χ1v) is 8.72. The van der Waals surface area contributed by atoms with Crippen LogP contribution in [0.1, 0.15) is 6.92 Å². The van der Waals surface area contributed by atoms with Gasteiger partial charge in [-0.3, -0.25) is 4.72 Å². The Morgan fingerprint density at radius 2 is 1.52 bits per heavy atom. The molecular weight excluding hydrogens is 397 g/mol. The minimum absolute atomic E-state index is 0.227. The Kier molecular flexibility index (Phi) is 5.80. The fourth-order valence-corrected chi connectivity index (χ4v) is 3.35. The van der Waals surface area contributed by atoms with Crippen molar-refractivity contribution < 1.29 is 35.1 Å². The number of rotatable bonds is 6. The van der Waals surface area contributed by atoms with Crippen LogP contribution in [-0.2, 0) is 10.0 Å². The Balaban J connectivity index is 2.52. The monoisotopic (exact) mass is 411 g/mol. The highest BCUT2D eigenvalue weighted by Crippen LogP contribution is 2.31. The van der Waals surface area contributed by atoms with Gasteiger partial charge in [0.15, 0.2) is 28.2 Å². The number of hydrogen-bond acceptors (Lipinski definition) is 5. The van der Waals surface area contributed by atoms with E-state index in [0.717, 1.165) is 6.07 Å². The van der Waals surface area contributed by atoms with Crippen molar-refractivity contribution in [1.29, 1.82) is 0 Å². The van der Waals surface area contributed by atoms with Gasteiger partial charge in [-0.2, -0.15) is 0 Å². The second kappa shape index (κ2) is 7.56. The van der Waals surface area contributed by atoms with Gasteiger partial charge < -0.3 is 15.8 Å². The van der Waals surface area contributed by atoms with Gasteiger partial charge in [0.25, 0.3) is 10.0 Å². The second-order valence-corrected chi connectivity index (χ2v) is 6.97. The first-order valence-electron chi connectivity index (χ1n) is 7.24. The lowest BCUT2D eigenvalue weighted by Crippen LogP contribution is -2.25. The summed E-state index contributed by atoms with van der Waals surface area (Å²) >= 11 is 0. The molecular formula is C15H14F5N3O3S. The second-order valence-electron chi connectivity index (χ2n) is 5.35. The van der Waals surface area contributed by atoms with Gasteiger partial charge in [-0.1, -0.05) is 0 Å². The number of hydrogen-bond donors (Lipinski definition) is 3. The Labute approximate surface area is 151 Å². The van der Waals surface area contributed by atoms with E-state index >= 15 is 0 Å². The third-order valence-corrected chi connectivity index (χ3v) is 4.67.